The molecule has 0 spiro atoms. The van der Waals surface area contributed by atoms with E-state index in [1.165, 1.54) is 36.4 Å². The zero-order valence-electron chi connectivity index (χ0n) is 27.4. The molecule has 4 fully saturated rings. The minimum Gasteiger partial charge on any atom is -0.493 e. The first-order valence-corrected chi connectivity index (χ1v) is 19.4. The lowest BCUT2D eigenvalue weighted by Gasteiger charge is -2.42. The number of nitrogens with zero attached hydrogens (tertiary/aromatic N) is 2. The average Bonchev–Trinajstić information content (AvgIpc) is 3.30. The third-order valence-corrected chi connectivity index (χ3v) is 13.2. The Morgan fingerprint density at radius 3 is 2.04 bits per heavy atom. The molecular formula is C38H46ClN3O5S. The summed E-state index contributed by atoms with van der Waals surface area (Å²) >= 11 is 6.06. The topological polar surface area (TPSA) is 102 Å². The lowest BCUT2D eigenvalue weighted by atomic mass is 9.90. The van der Waals surface area contributed by atoms with Gasteiger partial charge in [0.25, 0.3) is 0 Å². The van der Waals surface area contributed by atoms with Crippen LogP contribution in [0, 0.1) is 17.8 Å². The molecule has 2 saturated carbocycles. The van der Waals surface area contributed by atoms with Crippen molar-refractivity contribution in [2.75, 3.05) is 26.2 Å². The van der Waals surface area contributed by atoms with Crippen molar-refractivity contribution in [1.29, 1.82) is 0 Å². The maximum absolute atomic E-state index is 14.3. The third kappa shape index (κ3) is 7.25. The fourth-order valence-electron chi connectivity index (χ4n) is 8.16. The van der Waals surface area contributed by atoms with Crippen molar-refractivity contribution in [2.45, 2.75) is 80.9 Å². The number of carbonyl (C=O) groups excluding carboxylic acids is 1. The van der Waals surface area contributed by atoms with Crippen LogP contribution in [-0.2, 0) is 14.8 Å². The second-order valence-electron chi connectivity index (χ2n) is 14.1. The van der Waals surface area contributed by atoms with Crippen molar-refractivity contribution in [1.82, 2.24) is 9.21 Å². The Morgan fingerprint density at radius 2 is 1.40 bits per heavy atom. The molecule has 0 aromatic heterocycles. The summed E-state index contributed by atoms with van der Waals surface area (Å²) in [6.45, 7) is 1.99. The van der Waals surface area contributed by atoms with Crippen LogP contribution in [0.1, 0.15) is 57.8 Å². The Bertz CT molecular complexity index is 1650. The number of nitrogens with two attached hydrogens (primary N) is 1. The number of likely N-dealkylation sites (tertiary alicyclic amines) is 1. The monoisotopic (exact) mass is 691 g/mol. The van der Waals surface area contributed by atoms with E-state index >= 15 is 0 Å². The Morgan fingerprint density at radius 1 is 0.792 bits per heavy atom. The minimum atomic E-state index is -3.96. The van der Waals surface area contributed by atoms with E-state index in [1.807, 2.05) is 53.4 Å². The van der Waals surface area contributed by atoms with E-state index in [9.17, 15) is 13.2 Å². The van der Waals surface area contributed by atoms with Crippen molar-refractivity contribution in [3.63, 3.8) is 0 Å². The quantitative estimate of drug-likeness (QED) is 0.266. The molecule has 2 aliphatic heterocycles. The summed E-state index contributed by atoms with van der Waals surface area (Å²) in [5.41, 5.74) is 8.54. The highest BCUT2D eigenvalue weighted by atomic mass is 35.5. The largest absolute Gasteiger partial charge is 0.493 e. The molecular weight excluding hydrogens is 646 g/mol. The van der Waals surface area contributed by atoms with Crippen LogP contribution in [-0.4, -0.2) is 68.0 Å². The van der Waals surface area contributed by atoms with Crippen LogP contribution < -0.4 is 15.2 Å². The van der Waals surface area contributed by atoms with Gasteiger partial charge >= 0.3 is 0 Å². The van der Waals surface area contributed by atoms with Crippen LogP contribution in [0.25, 0.3) is 11.1 Å². The molecule has 2 bridgehead atoms. The Labute approximate surface area is 289 Å². The van der Waals surface area contributed by atoms with Gasteiger partial charge in [0.1, 0.15) is 23.6 Å². The molecule has 8 nitrogen and oxygen atoms in total. The Balaban J connectivity index is 1.07. The molecule has 3 aromatic carbocycles. The van der Waals surface area contributed by atoms with Crippen LogP contribution in [0.5, 0.6) is 11.5 Å². The second-order valence-corrected chi connectivity index (χ2v) is 16.5. The van der Waals surface area contributed by atoms with Crippen molar-refractivity contribution in [3.8, 4) is 22.6 Å². The maximum Gasteiger partial charge on any atom is 0.243 e. The molecule has 10 heteroatoms. The Kier molecular flexibility index (Phi) is 10.0. The number of ether oxygens (including phenoxy) is 2. The average molecular weight is 692 g/mol. The fourth-order valence-corrected chi connectivity index (χ4v) is 9.89. The van der Waals surface area contributed by atoms with Gasteiger partial charge in [-0.3, -0.25) is 4.79 Å². The molecule has 3 aromatic rings. The van der Waals surface area contributed by atoms with Crippen molar-refractivity contribution in [3.05, 3.63) is 77.8 Å². The standard InChI is InChI=1S/C38H46ClN3O5S/c39-31-12-8-27(9-13-31)28-10-14-33(15-11-28)47-34-20-21-42(36(22-34)38(43)41-23-29-6-7-30(24-41)37(29)40)48(44,45)35-18-16-32(17-19-35)46-25-26-4-2-1-3-5-26/h8-19,26,29-30,34,36-37H,1-7,20-25,40H2/t29?,30?,34-,36-,37?/m1/s1. The predicted molar refractivity (Wildman–Crippen MR) is 187 cm³/mol. The molecule has 48 heavy (non-hydrogen) atoms. The number of hydrogen-bond acceptors (Lipinski definition) is 6. The summed E-state index contributed by atoms with van der Waals surface area (Å²) < 4.78 is 42.3. The minimum absolute atomic E-state index is 0.103. The van der Waals surface area contributed by atoms with Gasteiger partial charge in [0.2, 0.25) is 15.9 Å². The van der Waals surface area contributed by atoms with Gasteiger partial charge in [-0.1, -0.05) is 55.1 Å². The van der Waals surface area contributed by atoms with Gasteiger partial charge in [-0.15, -0.1) is 0 Å². The first kappa shape index (κ1) is 33.4. The van der Waals surface area contributed by atoms with E-state index in [0.717, 1.165) is 24.0 Å². The first-order chi connectivity index (χ1) is 23.2. The predicted octanol–water partition coefficient (Wildman–Crippen LogP) is 6.76. The number of hydrogen-bond donors (Lipinski definition) is 1. The van der Waals surface area contributed by atoms with Crippen LogP contribution in [0.2, 0.25) is 5.02 Å². The summed E-state index contributed by atoms with van der Waals surface area (Å²) in [7, 11) is -3.96. The third-order valence-electron chi connectivity index (χ3n) is 11.0. The summed E-state index contributed by atoms with van der Waals surface area (Å²) in [5.74, 6) is 2.27. The van der Waals surface area contributed by atoms with Crippen molar-refractivity contribution in [2.24, 2.45) is 23.5 Å². The van der Waals surface area contributed by atoms with E-state index in [2.05, 4.69) is 0 Å². The summed E-state index contributed by atoms with van der Waals surface area (Å²) in [6.07, 6.45) is 8.60. The number of rotatable bonds is 9. The smallest absolute Gasteiger partial charge is 0.243 e. The number of benzene rings is 3. The number of halogens is 1. The van der Waals surface area contributed by atoms with E-state index in [0.29, 0.717) is 48.6 Å². The highest BCUT2D eigenvalue weighted by Gasteiger charge is 2.47. The van der Waals surface area contributed by atoms with Gasteiger partial charge in [-0.25, -0.2) is 8.42 Å². The van der Waals surface area contributed by atoms with E-state index in [4.69, 9.17) is 26.8 Å². The van der Waals surface area contributed by atoms with Gasteiger partial charge in [0, 0.05) is 37.1 Å². The molecule has 4 aliphatic rings. The molecule has 2 saturated heterocycles. The van der Waals surface area contributed by atoms with Crippen LogP contribution in [0.15, 0.2) is 77.7 Å². The molecule has 2 heterocycles. The Hall–Kier alpha value is -3.11. The van der Waals surface area contributed by atoms with Crippen molar-refractivity contribution >= 4 is 27.5 Å². The number of carbonyl (C=O) groups is 1. The molecule has 2 N–H and O–H groups in total. The summed E-state index contributed by atoms with van der Waals surface area (Å²) in [4.78, 5) is 16.3. The van der Waals surface area contributed by atoms with E-state index in [1.54, 1.807) is 24.3 Å². The van der Waals surface area contributed by atoms with Gasteiger partial charge in [0.05, 0.1) is 11.5 Å². The van der Waals surface area contributed by atoms with Gasteiger partial charge in [-0.05, 0) is 110 Å². The van der Waals surface area contributed by atoms with Crippen LogP contribution >= 0.6 is 11.6 Å². The number of piperidine rings is 2. The van der Waals surface area contributed by atoms with Crippen molar-refractivity contribution < 1.29 is 22.7 Å². The van der Waals surface area contributed by atoms with Crippen LogP contribution in [0.4, 0.5) is 0 Å². The molecule has 256 valence electrons. The molecule has 1 amide bonds. The molecule has 7 rings (SSSR count). The molecule has 2 aliphatic carbocycles. The SMILES string of the molecule is NC1C2CCC1CN(C(=O)[C@H]1C[C@H](Oc3ccc(-c4ccc(Cl)cc4)cc3)CCN1S(=O)(=O)c1ccc(OCC3CCCCC3)cc1)C2. The molecule has 4 atom stereocenters. The van der Waals surface area contributed by atoms with Gasteiger partial charge in [-0.2, -0.15) is 4.31 Å². The summed E-state index contributed by atoms with van der Waals surface area (Å²) in [5, 5.41) is 0.687. The highest BCUT2D eigenvalue weighted by Crippen LogP contribution is 2.38. The normalized spacial score (nSPS) is 26.7. The van der Waals surface area contributed by atoms with Crippen LogP contribution in [0.3, 0.4) is 0 Å². The lowest BCUT2D eigenvalue weighted by molar-refractivity contribution is -0.139. The zero-order chi connectivity index (χ0) is 33.3. The summed E-state index contributed by atoms with van der Waals surface area (Å²) in [6, 6.07) is 21.4. The highest BCUT2D eigenvalue weighted by molar-refractivity contribution is 7.89. The number of sulfonamides is 1. The second kappa shape index (κ2) is 14.4. The molecule has 2 unspecified atom stereocenters. The van der Waals surface area contributed by atoms with Gasteiger partial charge in [0.15, 0.2) is 0 Å². The number of fused-ring (bicyclic) bond motifs is 2. The maximum atomic E-state index is 14.3. The number of amides is 1. The lowest BCUT2D eigenvalue weighted by Crippen LogP contribution is -2.59. The van der Waals surface area contributed by atoms with Gasteiger partial charge < -0.3 is 20.1 Å². The fraction of sp³-hybridized carbons (Fsp3) is 0.500. The van der Waals surface area contributed by atoms with E-state index < -0.39 is 16.1 Å². The zero-order valence-corrected chi connectivity index (χ0v) is 29.0. The van der Waals surface area contributed by atoms with E-state index in [-0.39, 0.29) is 47.7 Å². The first-order valence-electron chi connectivity index (χ1n) is 17.6. The molecule has 0 radical (unpaired) electrons.